The van der Waals surface area contributed by atoms with Gasteiger partial charge in [0.25, 0.3) is 0 Å². The van der Waals surface area contributed by atoms with Crippen LogP contribution in [-0.2, 0) is 4.79 Å². The summed E-state index contributed by atoms with van der Waals surface area (Å²) in [4.78, 5) is 18.1. The molecule has 1 saturated heterocycles. The Kier molecular flexibility index (Phi) is 5.03. The van der Waals surface area contributed by atoms with Crippen molar-refractivity contribution in [1.29, 1.82) is 0 Å². The Hall–Kier alpha value is -2.02. The number of rotatable bonds is 2. The maximum absolute atomic E-state index is 12.8. The topological polar surface area (TPSA) is 44.7 Å². The van der Waals surface area contributed by atoms with Crippen LogP contribution < -0.4 is 10.2 Å². The highest BCUT2D eigenvalue weighted by atomic mass is 35.5. The molecule has 1 N–H and O–H groups in total. The highest BCUT2D eigenvalue weighted by Crippen LogP contribution is 2.28. The lowest BCUT2D eigenvalue weighted by Gasteiger charge is -2.26. The van der Waals surface area contributed by atoms with Crippen molar-refractivity contribution in [3.05, 3.63) is 41.4 Å². The maximum Gasteiger partial charge on any atom is 0.411 e. The highest BCUT2D eigenvalue weighted by molar-refractivity contribution is 6.30. The second-order valence-corrected chi connectivity index (χ2v) is 6.46. The van der Waals surface area contributed by atoms with Crippen LogP contribution in [0.2, 0.25) is 5.02 Å². The summed E-state index contributed by atoms with van der Waals surface area (Å²) in [5.74, 6) is -0.389. The van der Waals surface area contributed by atoms with E-state index in [1.807, 2.05) is 17.0 Å². The number of alkyl halides is 3. The fraction of sp³-hybridized carbons (Fsp3) is 0.412. The van der Waals surface area contributed by atoms with Gasteiger partial charge in [0.05, 0.1) is 0 Å². The zero-order chi connectivity index (χ0) is 18.0. The smallest absolute Gasteiger partial charge is 0.360 e. The maximum atomic E-state index is 12.8. The molecule has 134 valence electrons. The molecule has 1 aromatic rings. The molecular formula is C17H17ClF3N3O. The minimum atomic E-state index is -4.41. The Balaban J connectivity index is 1.71. The summed E-state index contributed by atoms with van der Waals surface area (Å²) in [5.41, 5.74) is 0.858. The van der Waals surface area contributed by atoms with Crippen molar-refractivity contribution < 1.29 is 18.0 Å². The van der Waals surface area contributed by atoms with Gasteiger partial charge in [-0.15, -0.1) is 0 Å². The Morgan fingerprint density at radius 3 is 2.68 bits per heavy atom. The van der Waals surface area contributed by atoms with Crippen LogP contribution in [-0.4, -0.2) is 36.5 Å². The predicted molar refractivity (Wildman–Crippen MR) is 91.0 cm³/mol. The fourth-order valence-corrected chi connectivity index (χ4v) is 3.17. The number of nitrogens with zero attached hydrogens (tertiary/aromatic N) is 2. The standard InChI is InChI=1S/C17H17ClF3N3O/c18-11-6-8-12(9-7-11)24-10-2-3-13(24)16(25)23-15-5-1-4-14(22-15)17(19,20)21/h1,5-9,13-14H,2-4,10H2,(H,22,23,25)/t13-,14?/m0/s1. The van der Waals surface area contributed by atoms with Gasteiger partial charge in [-0.25, -0.2) is 0 Å². The van der Waals surface area contributed by atoms with Crippen molar-refractivity contribution in [3.8, 4) is 0 Å². The van der Waals surface area contributed by atoms with Gasteiger partial charge in [-0.3, -0.25) is 9.79 Å². The lowest BCUT2D eigenvalue weighted by atomic mass is 10.1. The van der Waals surface area contributed by atoms with Gasteiger partial charge in [0.15, 0.2) is 6.04 Å². The van der Waals surface area contributed by atoms with Gasteiger partial charge in [0, 0.05) is 17.3 Å². The number of nitrogens with one attached hydrogen (secondary N) is 1. The molecule has 0 aliphatic carbocycles. The number of carbonyl (C=O) groups is 1. The molecule has 0 aromatic heterocycles. The second-order valence-electron chi connectivity index (χ2n) is 6.03. The summed E-state index contributed by atoms with van der Waals surface area (Å²) in [7, 11) is 0. The molecule has 0 spiro atoms. The molecule has 4 nitrogen and oxygen atoms in total. The van der Waals surface area contributed by atoms with E-state index in [4.69, 9.17) is 11.6 Å². The van der Waals surface area contributed by atoms with Crippen molar-refractivity contribution in [2.45, 2.75) is 37.5 Å². The number of hydrogen-bond acceptors (Lipinski definition) is 3. The van der Waals surface area contributed by atoms with Gasteiger partial charge >= 0.3 is 6.18 Å². The van der Waals surface area contributed by atoms with Gasteiger partial charge in [0.1, 0.15) is 11.9 Å². The fourth-order valence-electron chi connectivity index (χ4n) is 3.04. The van der Waals surface area contributed by atoms with Gasteiger partial charge in [0.2, 0.25) is 5.91 Å². The van der Waals surface area contributed by atoms with Crippen LogP contribution >= 0.6 is 11.6 Å². The van der Waals surface area contributed by atoms with Crippen LogP contribution in [0.3, 0.4) is 0 Å². The summed E-state index contributed by atoms with van der Waals surface area (Å²) in [6.45, 7) is 0.702. The summed E-state index contributed by atoms with van der Waals surface area (Å²) in [5, 5.41) is 3.13. The monoisotopic (exact) mass is 371 g/mol. The third-order valence-electron chi connectivity index (χ3n) is 4.27. The minimum Gasteiger partial charge on any atom is -0.360 e. The molecule has 8 heteroatoms. The Bertz CT molecular complexity index is 700. The number of aliphatic imine (C=N–C) groups is 1. The number of anilines is 1. The van der Waals surface area contributed by atoms with E-state index >= 15 is 0 Å². The van der Waals surface area contributed by atoms with Crippen LogP contribution in [0.5, 0.6) is 0 Å². The molecular weight excluding hydrogens is 355 g/mol. The molecule has 2 aliphatic heterocycles. The van der Waals surface area contributed by atoms with Crippen LogP contribution in [0, 0.1) is 0 Å². The van der Waals surface area contributed by atoms with E-state index in [0.717, 1.165) is 12.1 Å². The van der Waals surface area contributed by atoms with Gasteiger partial charge in [-0.1, -0.05) is 17.7 Å². The molecule has 2 atom stereocenters. The summed E-state index contributed by atoms with van der Waals surface area (Å²) in [6.07, 6.45) is -0.358. The Morgan fingerprint density at radius 1 is 1.28 bits per heavy atom. The number of amidine groups is 1. The molecule has 2 aliphatic rings. The predicted octanol–water partition coefficient (Wildman–Crippen LogP) is 3.71. The molecule has 3 rings (SSSR count). The Labute approximate surface area is 148 Å². The first-order valence-electron chi connectivity index (χ1n) is 7.99. The largest absolute Gasteiger partial charge is 0.411 e. The van der Waals surface area contributed by atoms with E-state index in [2.05, 4.69) is 10.3 Å². The summed E-state index contributed by atoms with van der Waals surface area (Å²) < 4.78 is 38.4. The average molecular weight is 372 g/mol. The van der Waals surface area contributed by atoms with E-state index in [0.29, 0.717) is 18.0 Å². The number of halogens is 4. The third-order valence-corrected chi connectivity index (χ3v) is 4.52. The number of carbonyl (C=O) groups excluding carboxylic acids is 1. The molecule has 1 fully saturated rings. The van der Waals surface area contributed by atoms with E-state index < -0.39 is 18.3 Å². The zero-order valence-corrected chi connectivity index (χ0v) is 14.0. The minimum absolute atomic E-state index is 0.0402. The lowest BCUT2D eigenvalue weighted by molar-refractivity contribution is -0.146. The number of amides is 1. The first-order chi connectivity index (χ1) is 11.8. The zero-order valence-electron chi connectivity index (χ0n) is 13.3. The molecule has 0 radical (unpaired) electrons. The van der Waals surface area contributed by atoms with E-state index in [9.17, 15) is 18.0 Å². The molecule has 0 bridgehead atoms. The first-order valence-corrected chi connectivity index (χ1v) is 8.36. The number of hydrogen-bond donors (Lipinski definition) is 1. The van der Waals surface area contributed by atoms with E-state index in [1.54, 1.807) is 12.1 Å². The van der Waals surface area contributed by atoms with Crippen LogP contribution in [0.25, 0.3) is 0 Å². The highest BCUT2D eigenvalue weighted by Gasteiger charge is 2.40. The van der Waals surface area contributed by atoms with Crippen LogP contribution in [0.15, 0.2) is 41.4 Å². The SMILES string of the molecule is O=C(NC1=NC(C(F)(F)F)CC=C1)[C@@H]1CCCN1c1ccc(Cl)cc1. The van der Waals surface area contributed by atoms with Crippen molar-refractivity contribution in [2.24, 2.45) is 4.99 Å². The molecule has 25 heavy (non-hydrogen) atoms. The number of benzene rings is 1. The van der Waals surface area contributed by atoms with E-state index in [-0.39, 0.29) is 18.2 Å². The van der Waals surface area contributed by atoms with Crippen LogP contribution in [0.4, 0.5) is 18.9 Å². The number of dihydropyridines is 1. The molecule has 1 aromatic carbocycles. The van der Waals surface area contributed by atoms with Crippen molar-refractivity contribution in [1.82, 2.24) is 5.32 Å². The molecule has 1 amide bonds. The second kappa shape index (κ2) is 7.07. The Morgan fingerprint density at radius 2 is 2.00 bits per heavy atom. The van der Waals surface area contributed by atoms with Crippen molar-refractivity contribution in [2.75, 3.05) is 11.4 Å². The first kappa shape index (κ1) is 17.8. The van der Waals surface area contributed by atoms with Crippen molar-refractivity contribution >= 4 is 29.0 Å². The average Bonchev–Trinajstić information content (AvgIpc) is 3.05. The normalized spacial score (nSPS) is 23.5. The lowest BCUT2D eigenvalue weighted by Crippen LogP contribution is -2.46. The molecule has 0 saturated carbocycles. The summed E-state index contributed by atoms with van der Waals surface area (Å²) >= 11 is 5.88. The van der Waals surface area contributed by atoms with Gasteiger partial charge in [-0.2, -0.15) is 13.2 Å². The van der Waals surface area contributed by atoms with E-state index in [1.165, 1.54) is 12.2 Å². The van der Waals surface area contributed by atoms with Gasteiger partial charge < -0.3 is 10.2 Å². The third kappa shape index (κ3) is 4.15. The van der Waals surface area contributed by atoms with Gasteiger partial charge in [-0.05, 0) is 49.6 Å². The van der Waals surface area contributed by atoms with Crippen molar-refractivity contribution in [3.63, 3.8) is 0 Å². The molecule has 2 heterocycles. The van der Waals surface area contributed by atoms with Crippen LogP contribution in [0.1, 0.15) is 19.3 Å². The molecule has 1 unspecified atom stereocenters. The quantitative estimate of drug-likeness (QED) is 0.861. The summed E-state index contributed by atoms with van der Waals surface area (Å²) in [6, 6.07) is 4.89.